The molecule has 0 atom stereocenters. The minimum absolute atomic E-state index is 0.181. The summed E-state index contributed by atoms with van der Waals surface area (Å²) >= 11 is 1.47. The second kappa shape index (κ2) is 8.90. The van der Waals surface area contributed by atoms with E-state index in [4.69, 9.17) is 4.42 Å². The number of aromatic nitrogens is 5. The van der Waals surface area contributed by atoms with Crippen LogP contribution in [0.4, 0.5) is 5.69 Å². The number of thioether (sulfide) groups is 1. The van der Waals surface area contributed by atoms with Crippen LogP contribution in [0.2, 0.25) is 0 Å². The number of rotatable bonds is 6. The number of anilines is 1. The highest BCUT2D eigenvalue weighted by Gasteiger charge is 2.15. The average molecular weight is 473 g/mol. The minimum Gasteiger partial charge on any atom is -0.440 e. The summed E-state index contributed by atoms with van der Waals surface area (Å²) in [5.74, 6) is 1.83. The van der Waals surface area contributed by atoms with Crippen LogP contribution in [-0.4, -0.2) is 30.5 Å². The molecular formula is C25H24N6O2S. The molecule has 0 saturated carbocycles. The first kappa shape index (κ1) is 22.1. The van der Waals surface area contributed by atoms with Crippen molar-refractivity contribution in [1.82, 2.24) is 24.6 Å². The first-order valence-electron chi connectivity index (χ1n) is 11.0. The number of aryl methyl sites for hydroxylation is 2. The largest absolute Gasteiger partial charge is 0.440 e. The van der Waals surface area contributed by atoms with Crippen LogP contribution in [-0.2, 0) is 5.75 Å². The number of fused-ring (bicyclic) bond motifs is 2. The number of nitrogens with zero attached hydrogens (tertiary/aromatic N) is 5. The molecule has 3 heterocycles. The number of oxazole rings is 1. The third-order valence-electron chi connectivity index (χ3n) is 5.37. The van der Waals surface area contributed by atoms with Crippen molar-refractivity contribution in [1.29, 1.82) is 0 Å². The van der Waals surface area contributed by atoms with E-state index in [1.54, 1.807) is 4.52 Å². The molecule has 0 saturated heterocycles. The van der Waals surface area contributed by atoms with E-state index in [0.29, 0.717) is 39.4 Å². The number of hydrogen-bond donors (Lipinski definition) is 1. The molecular weight excluding hydrogens is 448 g/mol. The maximum absolute atomic E-state index is 13.1. The molecule has 5 rings (SSSR count). The van der Waals surface area contributed by atoms with Gasteiger partial charge in [-0.3, -0.25) is 4.79 Å². The maximum atomic E-state index is 13.1. The zero-order chi connectivity index (χ0) is 23.8. The molecule has 0 aliphatic heterocycles. The van der Waals surface area contributed by atoms with E-state index >= 15 is 0 Å². The third kappa shape index (κ3) is 4.38. The van der Waals surface area contributed by atoms with Gasteiger partial charge in [0.1, 0.15) is 5.52 Å². The van der Waals surface area contributed by atoms with Crippen LogP contribution in [0.5, 0.6) is 0 Å². The Morgan fingerprint density at radius 1 is 1.09 bits per heavy atom. The molecule has 0 radical (unpaired) electrons. The zero-order valence-electron chi connectivity index (χ0n) is 19.4. The predicted octanol–water partition coefficient (Wildman–Crippen LogP) is 5.55. The quantitative estimate of drug-likeness (QED) is 0.324. The van der Waals surface area contributed by atoms with Crippen molar-refractivity contribution in [2.24, 2.45) is 0 Å². The molecule has 0 fully saturated rings. The SMILES string of the molecule is Cc1cc(C)n2nc(SCc3ccccc3C(=O)Nc3ccc4oc(C(C)C)nc4c3)nc2n1. The Balaban J connectivity index is 1.34. The van der Waals surface area contributed by atoms with Gasteiger partial charge < -0.3 is 9.73 Å². The van der Waals surface area contributed by atoms with Gasteiger partial charge in [0.15, 0.2) is 11.5 Å². The first-order chi connectivity index (χ1) is 16.4. The first-order valence-corrected chi connectivity index (χ1v) is 12.0. The molecule has 0 aliphatic rings. The maximum Gasteiger partial charge on any atom is 0.255 e. The molecule has 5 aromatic rings. The minimum atomic E-state index is -0.181. The lowest BCUT2D eigenvalue weighted by molar-refractivity contribution is 0.102. The highest BCUT2D eigenvalue weighted by molar-refractivity contribution is 7.98. The Bertz CT molecular complexity index is 1520. The summed E-state index contributed by atoms with van der Waals surface area (Å²) in [5, 5.41) is 8.15. The van der Waals surface area contributed by atoms with E-state index in [0.717, 1.165) is 22.5 Å². The normalized spacial score (nSPS) is 11.6. The summed E-state index contributed by atoms with van der Waals surface area (Å²) in [5.41, 5.74) is 5.48. The monoisotopic (exact) mass is 472 g/mol. The number of amides is 1. The third-order valence-corrected chi connectivity index (χ3v) is 6.26. The average Bonchev–Trinajstić information content (AvgIpc) is 3.42. The van der Waals surface area contributed by atoms with Gasteiger partial charge in [0.25, 0.3) is 11.7 Å². The number of carbonyl (C=O) groups is 1. The van der Waals surface area contributed by atoms with Crippen LogP contribution in [0.1, 0.15) is 53.0 Å². The van der Waals surface area contributed by atoms with E-state index < -0.39 is 0 Å². The predicted molar refractivity (Wildman–Crippen MR) is 132 cm³/mol. The lowest BCUT2D eigenvalue weighted by Gasteiger charge is -2.09. The van der Waals surface area contributed by atoms with Crippen molar-refractivity contribution in [3.63, 3.8) is 0 Å². The Hall–Kier alpha value is -3.72. The summed E-state index contributed by atoms with van der Waals surface area (Å²) in [6.07, 6.45) is 0. The van der Waals surface area contributed by atoms with Crippen molar-refractivity contribution < 1.29 is 9.21 Å². The van der Waals surface area contributed by atoms with Gasteiger partial charge >= 0.3 is 0 Å². The Morgan fingerprint density at radius 2 is 1.91 bits per heavy atom. The van der Waals surface area contributed by atoms with Crippen molar-refractivity contribution in [3.05, 3.63) is 76.9 Å². The standard InChI is InChI=1S/C25H24N6O2S/c1-14(2)23-28-20-12-18(9-10-21(20)33-23)27-22(32)19-8-6-5-7-17(19)13-34-25-29-24-26-15(3)11-16(4)31(24)30-25/h5-12,14H,13H2,1-4H3,(H,27,32). The second-order valence-electron chi connectivity index (χ2n) is 8.43. The Labute approximate surface area is 200 Å². The van der Waals surface area contributed by atoms with E-state index in [9.17, 15) is 4.79 Å². The van der Waals surface area contributed by atoms with Gasteiger partial charge in [0.05, 0.1) is 0 Å². The topological polar surface area (TPSA) is 98.2 Å². The van der Waals surface area contributed by atoms with E-state index in [2.05, 4.69) is 25.4 Å². The van der Waals surface area contributed by atoms with Crippen LogP contribution < -0.4 is 5.32 Å². The highest BCUT2D eigenvalue weighted by atomic mass is 32.2. The lowest BCUT2D eigenvalue weighted by Crippen LogP contribution is -2.14. The number of hydrogen-bond acceptors (Lipinski definition) is 7. The van der Waals surface area contributed by atoms with Gasteiger partial charge in [0, 0.05) is 34.3 Å². The zero-order valence-corrected chi connectivity index (χ0v) is 20.2. The fourth-order valence-electron chi connectivity index (χ4n) is 3.69. The van der Waals surface area contributed by atoms with Gasteiger partial charge in [-0.1, -0.05) is 43.8 Å². The molecule has 0 aliphatic carbocycles. The number of benzene rings is 2. The lowest BCUT2D eigenvalue weighted by atomic mass is 10.1. The van der Waals surface area contributed by atoms with Crippen LogP contribution in [0.3, 0.4) is 0 Å². The molecule has 2 aromatic carbocycles. The Kier molecular flexibility index (Phi) is 5.79. The van der Waals surface area contributed by atoms with Crippen LogP contribution in [0, 0.1) is 13.8 Å². The van der Waals surface area contributed by atoms with Gasteiger partial charge in [-0.25, -0.2) is 14.5 Å². The summed E-state index contributed by atoms with van der Waals surface area (Å²) in [4.78, 5) is 26.6. The molecule has 1 amide bonds. The number of carbonyl (C=O) groups excluding carboxylic acids is 1. The molecule has 9 heteroatoms. The van der Waals surface area contributed by atoms with Crippen molar-refractivity contribution in [2.75, 3.05) is 5.32 Å². The van der Waals surface area contributed by atoms with E-state index in [-0.39, 0.29) is 11.8 Å². The van der Waals surface area contributed by atoms with Gasteiger partial charge in [-0.2, -0.15) is 4.98 Å². The molecule has 8 nitrogen and oxygen atoms in total. The fraction of sp³-hybridized carbons (Fsp3) is 0.240. The van der Waals surface area contributed by atoms with Gasteiger partial charge in [-0.05, 0) is 49.7 Å². The molecule has 1 N–H and O–H groups in total. The molecule has 0 bridgehead atoms. The Morgan fingerprint density at radius 3 is 2.74 bits per heavy atom. The number of nitrogens with one attached hydrogen (secondary N) is 1. The molecule has 0 unspecified atom stereocenters. The van der Waals surface area contributed by atoms with Crippen molar-refractivity contribution in [2.45, 2.75) is 44.5 Å². The van der Waals surface area contributed by atoms with E-state index in [1.165, 1.54) is 11.8 Å². The van der Waals surface area contributed by atoms with Crippen molar-refractivity contribution >= 4 is 40.2 Å². The molecule has 3 aromatic heterocycles. The molecule has 34 heavy (non-hydrogen) atoms. The summed E-state index contributed by atoms with van der Waals surface area (Å²) in [6.45, 7) is 7.98. The van der Waals surface area contributed by atoms with Crippen LogP contribution in [0.25, 0.3) is 16.9 Å². The van der Waals surface area contributed by atoms with Crippen LogP contribution >= 0.6 is 11.8 Å². The van der Waals surface area contributed by atoms with Crippen LogP contribution in [0.15, 0.2) is 58.1 Å². The summed E-state index contributed by atoms with van der Waals surface area (Å²) < 4.78 is 7.49. The summed E-state index contributed by atoms with van der Waals surface area (Å²) in [6, 6.07) is 15.0. The van der Waals surface area contributed by atoms with Gasteiger partial charge in [0.2, 0.25) is 5.16 Å². The highest BCUT2D eigenvalue weighted by Crippen LogP contribution is 2.26. The van der Waals surface area contributed by atoms with Crippen molar-refractivity contribution in [3.8, 4) is 0 Å². The molecule has 0 spiro atoms. The smallest absolute Gasteiger partial charge is 0.255 e. The van der Waals surface area contributed by atoms with E-state index in [1.807, 2.05) is 76.2 Å². The second-order valence-corrected chi connectivity index (χ2v) is 9.38. The molecule has 172 valence electrons. The summed E-state index contributed by atoms with van der Waals surface area (Å²) in [7, 11) is 0. The van der Waals surface area contributed by atoms with Gasteiger partial charge in [-0.15, -0.1) is 5.10 Å². The fourth-order valence-corrected chi connectivity index (χ4v) is 4.51.